The molecule has 0 bridgehead atoms. The van der Waals surface area contributed by atoms with Crippen LogP contribution in [0.4, 0.5) is 10.5 Å². The summed E-state index contributed by atoms with van der Waals surface area (Å²) in [5.41, 5.74) is 6.23. The quantitative estimate of drug-likeness (QED) is 0.336. The van der Waals surface area contributed by atoms with Crippen molar-refractivity contribution in [2.24, 2.45) is 5.10 Å². The van der Waals surface area contributed by atoms with Crippen LogP contribution in [0.15, 0.2) is 90.2 Å². The second kappa shape index (κ2) is 8.63. The molecule has 144 valence electrons. The van der Waals surface area contributed by atoms with E-state index in [4.69, 9.17) is 11.6 Å². The highest BCUT2D eigenvalue weighted by atomic mass is 35.5. The van der Waals surface area contributed by atoms with Gasteiger partial charge in [0.2, 0.25) is 0 Å². The fourth-order valence-corrected chi connectivity index (χ4v) is 3.36. The van der Waals surface area contributed by atoms with E-state index in [0.717, 1.165) is 27.1 Å². The standard InChI is InChI=1S/C23H19ClN4O/c24-21-12-6-4-8-17(21)15-28-16-18(20-11-5-7-13-22(20)28)14-25-27-23(29)26-19-9-2-1-3-10-19/h1-14,16H,15H2,(H2,26,27,29)/b25-14-. The van der Waals surface area contributed by atoms with Crippen molar-refractivity contribution in [2.75, 3.05) is 5.32 Å². The van der Waals surface area contributed by atoms with Crippen LogP contribution in [0.2, 0.25) is 5.02 Å². The van der Waals surface area contributed by atoms with Crippen molar-refractivity contribution in [3.05, 3.63) is 101 Å². The lowest BCUT2D eigenvalue weighted by atomic mass is 10.2. The van der Waals surface area contributed by atoms with E-state index >= 15 is 0 Å². The molecule has 0 saturated carbocycles. The van der Waals surface area contributed by atoms with Crippen molar-refractivity contribution < 1.29 is 4.79 Å². The first-order valence-corrected chi connectivity index (χ1v) is 9.55. The monoisotopic (exact) mass is 402 g/mol. The summed E-state index contributed by atoms with van der Waals surface area (Å²) < 4.78 is 2.13. The van der Waals surface area contributed by atoms with Gasteiger partial charge in [-0.3, -0.25) is 0 Å². The summed E-state index contributed by atoms with van der Waals surface area (Å²) >= 11 is 6.32. The van der Waals surface area contributed by atoms with Gasteiger partial charge in [0.25, 0.3) is 0 Å². The number of fused-ring (bicyclic) bond motifs is 1. The molecule has 0 aliphatic carbocycles. The molecule has 0 aliphatic rings. The van der Waals surface area contributed by atoms with Gasteiger partial charge in [0.1, 0.15) is 0 Å². The largest absolute Gasteiger partial charge is 0.342 e. The summed E-state index contributed by atoms with van der Waals surface area (Å²) in [6.45, 7) is 0.649. The normalized spacial score (nSPS) is 11.1. The number of rotatable bonds is 5. The Kier molecular flexibility index (Phi) is 5.59. The van der Waals surface area contributed by atoms with Crippen LogP contribution in [0.5, 0.6) is 0 Å². The van der Waals surface area contributed by atoms with Crippen LogP contribution in [-0.4, -0.2) is 16.8 Å². The number of aromatic nitrogens is 1. The van der Waals surface area contributed by atoms with Crippen molar-refractivity contribution in [1.82, 2.24) is 9.99 Å². The first-order chi connectivity index (χ1) is 14.2. The van der Waals surface area contributed by atoms with Crippen molar-refractivity contribution >= 4 is 40.4 Å². The van der Waals surface area contributed by atoms with Crippen LogP contribution in [0, 0.1) is 0 Å². The van der Waals surface area contributed by atoms with E-state index in [1.807, 2.05) is 79.0 Å². The molecular weight excluding hydrogens is 384 g/mol. The fourth-order valence-electron chi connectivity index (χ4n) is 3.16. The van der Waals surface area contributed by atoms with Crippen LogP contribution >= 0.6 is 11.6 Å². The molecule has 6 heteroatoms. The Morgan fingerprint density at radius 2 is 1.69 bits per heavy atom. The minimum Gasteiger partial charge on any atom is -0.342 e. The van der Waals surface area contributed by atoms with Crippen LogP contribution in [0.1, 0.15) is 11.1 Å². The second-order valence-electron chi connectivity index (χ2n) is 6.51. The lowest BCUT2D eigenvalue weighted by Crippen LogP contribution is -2.24. The predicted molar refractivity (Wildman–Crippen MR) is 119 cm³/mol. The number of para-hydroxylation sites is 2. The molecule has 0 atom stereocenters. The zero-order valence-electron chi connectivity index (χ0n) is 15.5. The highest BCUT2D eigenvalue weighted by molar-refractivity contribution is 6.31. The third kappa shape index (κ3) is 4.47. The van der Waals surface area contributed by atoms with E-state index in [2.05, 4.69) is 26.5 Å². The molecular formula is C23H19ClN4O. The van der Waals surface area contributed by atoms with E-state index in [1.54, 1.807) is 6.21 Å². The van der Waals surface area contributed by atoms with Gasteiger partial charge in [-0.05, 0) is 29.8 Å². The molecule has 0 radical (unpaired) electrons. The van der Waals surface area contributed by atoms with Gasteiger partial charge in [0.05, 0.1) is 6.21 Å². The summed E-state index contributed by atoms with van der Waals surface area (Å²) in [6.07, 6.45) is 3.66. The van der Waals surface area contributed by atoms with Gasteiger partial charge in [-0.25, -0.2) is 10.2 Å². The average Bonchev–Trinajstić information content (AvgIpc) is 3.08. The molecule has 0 aliphatic heterocycles. The number of nitrogens with zero attached hydrogens (tertiary/aromatic N) is 2. The summed E-state index contributed by atoms with van der Waals surface area (Å²) in [6, 6.07) is 24.7. The lowest BCUT2D eigenvalue weighted by Gasteiger charge is -2.07. The van der Waals surface area contributed by atoms with E-state index in [0.29, 0.717) is 12.2 Å². The van der Waals surface area contributed by atoms with Gasteiger partial charge < -0.3 is 9.88 Å². The molecule has 0 saturated heterocycles. The zero-order valence-corrected chi connectivity index (χ0v) is 16.3. The molecule has 29 heavy (non-hydrogen) atoms. The topological polar surface area (TPSA) is 58.4 Å². The Labute approximate surface area is 173 Å². The van der Waals surface area contributed by atoms with Gasteiger partial charge in [-0.15, -0.1) is 0 Å². The molecule has 2 amide bonds. The van der Waals surface area contributed by atoms with Gasteiger partial charge in [-0.1, -0.05) is 66.2 Å². The maximum Gasteiger partial charge on any atom is 0.339 e. The predicted octanol–water partition coefficient (Wildman–Crippen LogP) is 5.50. The van der Waals surface area contributed by atoms with Crippen LogP contribution in [-0.2, 0) is 6.54 Å². The zero-order chi connectivity index (χ0) is 20.1. The summed E-state index contributed by atoms with van der Waals surface area (Å²) in [5.74, 6) is 0. The summed E-state index contributed by atoms with van der Waals surface area (Å²) in [4.78, 5) is 12.0. The number of hydrazone groups is 1. The third-order valence-corrected chi connectivity index (χ3v) is 4.89. The Hall–Kier alpha value is -3.57. The number of benzene rings is 3. The summed E-state index contributed by atoms with van der Waals surface area (Å²) in [7, 11) is 0. The van der Waals surface area contributed by atoms with Crippen molar-refractivity contribution in [1.29, 1.82) is 0 Å². The smallest absolute Gasteiger partial charge is 0.339 e. The van der Waals surface area contributed by atoms with Gasteiger partial charge in [0.15, 0.2) is 0 Å². The molecule has 2 N–H and O–H groups in total. The summed E-state index contributed by atoms with van der Waals surface area (Å²) in [5, 5.41) is 8.61. The Morgan fingerprint density at radius 1 is 0.966 bits per heavy atom. The lowest BCUT2D eigenvalue weighted by molar-refractivity contribution is 0.252. The number of halogens is 1. The number of carbonyl (C=O) groups is 1. The SMILES string of the molecule is O=C(N/N=C\c1cn(Cc2ccccc2Cl)c2ccccc12)Nc1ccccc1. The van der Waals surface area contributed by atoms with Gasteiger partial charge in [0, 0.05) is 39.9 Å². The minimum atomic E-state index is -0.396. The first-order valence-electron chi connectivity index (χ1n) is 9.17. The Balaban J connectivity index is 1.52. The van der Waals surface area contributed by atoms with Crippen molar-refractivity contribution in [3.8, 4) is 0 Å². The van der Waals surface area contributed by atoms with E-state index in [1.165, 1.54) is 0 Å². The molecule has 1 aromatic heterocycles. The van der Waals surface area contributed by atoms with Crippen molar-refractivity contribution in [3.63, 3.8) is 0 Å². The van der Waals surface area contributed by atoms with Crippen LogP contribution < -0.4 is 10.7 Å². The number of carbonyl (C=O) groups excluding carboxylic acids is 1. The van der Waals surface area contributed by atoms with Crippen molar-refractivity contribution in [2.45, 2.75) is 6.54 Å². The van der Waals surface area contributed by atoms with Crippen LogP contribution in [0.25, 0.3) is 10.9 Å². The molecule has 0 fully saturated rings. The Morgan fingerprint density at radius 3 is 2.52 bits per heavy atom. The third-order valence-electron chi connectivity index (χ3n) is 4.52. The number of nitrogens with one attached hydrogen (secondary N) is 2. The van der Waals surface area contributed by atoms with Gasteiger partial charge >= 0.3 is 6.03 Å². The Bertz CT molecular complexity index is 1170. The first kappa shape index (κ1) is 18.8. The molecule has 1 heterocycles. The maximum absolute atomic E-state index is 12.0. The number of amides is 2. The van der Waals surface area contributed by atoms with E-state index in [-0.39, 0.29) is 0 Å². The van der Waals surface area contributed by atoms with E-state index < -0.39 is 6.03 Å². The second-order valence-corrected chi connectivity index (χ2v) is 6.92. The minimum absolute atomic E-state index is 0.396. The molecule has 0 spiro atoms. The molecule has 4 aromatic rings. The number of hydrogen-bond donors (Lipinski definition) is 2. The highest BCUT2D eigenvalue weighted by Gasteiger charge is 2.09. The maximum atomic E-state index is 12.0. The number of urea groups is 1. The highest BCUT2D eigenvalue weighted by Crippen LogP contribution is 2.23. The van der Waals surface area contributed by atoms with E-state index in [9.17, 15) is 4.79 Å². The van der Waals surface area contributed by atoms with Crippen LogP contribution in [0.3, 0.4) is 0 Å². The fraction of sp³-hybridized carbons (Fsp3) is 0.0435. The number of anilines is 1. The van der Waals surface area contributed by atoms with Gasteiger partial charge in [-0.2, -0.15) is 5.10 Å². The molecule has 0 unspecified atom stereocenters. The number of hydrogen-bond acceptors (Lipinski definition) is 2. The average molecular weight is 403 g/mol. The molecule has 5 nitrogen and oxygen atoms in total. The molecule has 3 aromatic carbocycles. The molecule has 4 rings (SSSR count).